The molecule has 1 heterocycles. The fraction of sp³-hybridized carbons (Fsp3) is 0.267. The second-order valence-corrected chi connectivity index (χ2v) is 9.10. The number of carbonyl (C=O) groups is 2. The lowest BCUT2D eigenvalue weighted by atomic mass is 10.1. The van der Waals surface area contributed by atoms with Gasteiger partial charge in [-0.1, -0.05) is 67.6 Å². The minimum atomic E-state index is -0.114. The molecular formula is C30H33N3O2. The topological polar surface area (TPSA) is 45.6 Å². The maximum absolute atomic E-state index is 13.7. The van der Waals surface area contributed by atoms with E-state index < -0.39 is 0 Å². The molecule has 0 spiro atoms. The van der Waals surface area contributed by atoms with Crippen molar-refractivity contribution in [2.75, 3.05) is 6.54 Å². The molecule has 2 amide bonds. The van der Waals surface area contributed by atoms with E-state index in [-0.39, 0.29) is 24.4 Å². The van der Waals surface area contributed by atoms with Crippen molar-refractivity contribution in [2.45, 2.75) is 39.4 Å². The van der Waals surface area contributed by atoms with E-state index >= 15 is 0 Å². The summed E-state index contributed by atoms with van der Waals surface area (Å²) in [5, 5.41) is 2.11. The molecule has 0 bridgehead atoms. The Hall–Kier alpha value is -3.86. The predicted molar refractivity (Wildman–Crippen MR) is 141 cm³/mol. The SMILES string of the molecule is CCC(C)N(CC(=O)N(Cc1ccccc1)Cc1cccn1C)C(=O)c1ccc2ccccc2c1. The minimum absolute atomic E-state index is 0.0396. The highest BCUT2D eigenvalue weighted by molar-refractivity contribution is 6.00. The average molecular weight is 468 g/mol. The van der Waals surface area contributed by atoms with Gasteiger partial charge in [0.2, 0.25) is 5.91 Å². The fourth-order valence-electron chi connectivity index (χ4n) is 4.27. The Bertz CT molecular complexity index is 1300. The van der Waals surface area contributed by atoms with E-state index in [1.54, 1.807) is 4.90 Å². The van der Waals surface area contributed by atoms with Crippen LogP contribution in [0.15, 0.2) is 91.1 Å². The highest BCUT2D eigenvalue weighted by Crippen LogP contribution is 2.19. The summed E-state index contributed by atoms with van der Waals surface area (Å²) in [6.07, 6.45) is 2.75. The quantitative estimate of drug-likeness (QED) is 0.319. The first-order valence-corrected chi connectivity index (χ1v) is 12.2. The summed E-state index contributed by atoms with van der Waals surface area (Å²) in [6, 6.07) is 27.7. The van der Waals surface area contributed by atoms with Gasteiger partial charge < -0.3 is 14.4 Å². The van der Waals surface area contributed by atoms with Crippen molar-refractivity contribution >= 4 is 22.6 Å². The van der Waals surface area contributed by atoms with Crippen molar-refractivity contribution in [3.8, 4) is 0 Å². The Labute approximate surface area is 207 Å². The molecule has 1 aromatic heterocycles. The first kappa shape index (κ1) is 24.3. The van der Waals surface area contributed by atoms with E-state index in [1.165, 1.54) is 0 Å². The molecule has 1 atom stereocenters. The molecule has 5 heteroatoms. The van der Waals surface area contributed by atoms with Gasteiger partial charge in [-0.15, -0.1) is 0 Å². The van der Waals surface area contributed by atoms with Crippen molar-refractivity contribution in [3.05, 3.63) is 108 Å². The number of amides is 2. The lowest BCUT2D eigenvalue weighted by Crippen LogP contribution is -2.46. The standard InChI is InChI=1S/C30H33N3O2/c1-4-23(2)33(30(35)27-17-16-25-13-8-9-14-26(25)19-27)22-29(34)32(20-24-11-6-5-7-12-24)21-28-15-10-18-31(28)3/h5-19,23H,4,20-22H2,1-3H3. The lowest BCUT2D eigenvalue weighted by Gasteiger charge is -2.31. The fourth-order valence-corrected chi connectivity index (χ4v) is 4.27. The van der Waals surface area contributed by atoms with Crippen molar-refractivity contribution in [3.63, 3.8) is 0 Å². The highest BCUT2D eigenvalue weighted by Gasteiger charge is 2.26. The predicted octanol–water partition coefficient (Wildman–Crippen LogP) is 5.65. The zero-order valence-corrected chi connectivity index (χ0v) is 20.7. The van der Waals surface area contributed by atoms with Crippen molar-refractivity contribution in [1.82, 2.24) is 14.4 Å². The van der Waals surface area contributed by atoms with Crippen molar-refractivity contribution < 1.29 is 9.59 Å². The Morgan fingerprint density at radius 1 is 0.857 bits per heavy atom. The van der Waals surface area contributed by atoms with Gasteiger partial charge in [-0.05, 0) is 53.9 Å². The Morgan fingerprint density at radius 2 is 1.57 bits per heavy atom. The third-order valence-electron chi connectivity index (χ3n) is 6.66. The van der Waals surface area contributed by atoms with Gasteiger partial charge in [-0.3, -0.25) is 9.59 Å². The van der Waals surface area contributed by atoms with E-state index in [2.05, 4.69) is 0 Å². The number of aromatic nitrogens is 1. The molecule has 0 fully saturated rings. The number of fused-ring (bicyclic) bond motifs is 1. The smallest absolute Gasteiger partial charge is 0.254 e. The monoisotopic (exact) mass is 467 g/mol. The normalized spacial score (nSPS) is 11.9. The molecule has 0 saturated carbocycles. The molecule has 1 unspecified atom stereocenters. The van der Waals surface area contributed by atoms with Crippen LogP contribution in [-0.2, 0) is 24.9 Å². The molecule has 180 valence electrons. The van der Waals surface area contributed by atoms with Crippen LogP contribution in [0.4, 0.5) is 0 Å². The molecule has 4 aromatic rings. The van der Waals surface area contributed by atoms with Gasteiger partial charge >= 0.3 is 0 Å². The first-order valence-electron chi connectivity index (χ1n) is 12.2. The van der Waals surface area contributed by atoms with Crippen LogP contribution in [0.2, 0.25) is 0 Å². The summed E-state index contributed by atoms with van der Waals surface area (Å²) in [4.78, 5) is 30.9. The zero-order valence-electron chi connectivity index (χ0n) is 20.7. The van der Waals surface area contributed by atoms with Crippen LogP contribution < -0.4 is 0 Å². The van der Waals surface area contributed by atoms with Crippen LogP contribution in [0.25, 0.3) is 10.8 Å². The maximum Gasteiger partial charge on any atom is 0.254 e. The number of benzene rings is 3. The summed E-state index contributed by atoms with van der Waals surface area (Å²) in [5.41, 5.74) is 2.71. The average Bonchev–Trinajstić information content (AvgIpc) is 3.30. The Kier molecular flexibility index (Phi) is 7.66. The third-order valence-corrected chi connectivity index (χ3v) is 6.66. The molecule has 0 radical (unpaired) electrons. The molecule has 0 aliphatic carbocycles. The van der Waals surface area contributed by atoms with Gasteiger partial charge in [0.25, 0.3) is 5.91 Å². The third kappa shape index (κ3) is 5.80. The van der Waals surface area contributed by atoms with Crippen molar-refractivity contribution in [1.29, 1.82) is 0 Å². The molecule has 35 heavy (non-hydrogen) atoms. The number of rotatable bonds is 9. The molecular weight excluding hydrogens is 434 g/mol. The van der Waals surface area contributed by atoms with Crippen LogP contribution >= 0.6 is 0 Å². The molecule has 0 aliphatic rings. The zero-order chi connectivity index (χ0) is 24.8. The van der Waals surface area contributed by atoms with Crippen LogP contribution in [0.1, 0.15) is 41.9 Å². The molecule has 4 rings (SSSR count). The van der Waals surface area contributed by atoms with Crippen LogP contribution in [0.5, 0.6) is 0 Å². The number of carbonyl (C=O) groups excluding carboxylic acids is 2. The summed E-state index contributed by atoms with van der Waals surface area (Å²) < 4.78 is 2.03. The Morgan fingerprint density at radius 3 is 2.26 bits per heavy atom. The summed E-state index contributed by atoms with van der Waals surface area (Å²) in [5.74, 6) is -0.179. The first-order chi connectivity index (χ1) is 17.0. The summed E-state index contributed by atoms with van der Waals surface area (Å²) in [6.45, 7) is 5.06. The molecule has 0 N–H and O–H groups in total. The van der Waals surface area contributed by atoms with Gasteiger partial charge in [0.15, 0.2) is 0 Å². The Balaban J connectivity index is 1.59. The van der Waals surface area contributed by atoms with Gasteiger partial charge in [-0.25, -0.2) is 0 Å². The van der Waals surface area contributed by atoms with Gasteiger partial charge in [0.1, 0.15) is 6.54 Å². The molecule has 5 nitrogen and oxygen atoms in total. The van der Waals surface area contributed by atoms with Crippen LogP contribution in [-0.4, -0.2) is 38.8 Å². The number of hydrogen-bond acceptors (Lipinski definition) is 2. The van der Waals surface area contributed by atoms with E-state index in [0.717, 1.165) is 28.5 Å². The molecule has 0 saturated heterocycles. The van der Waals surface area contributed by atoms with Gasteiger partial charge in [-0.2, -0.15) is 0 Å². The molecule has 0 aliphatic heterocycles. The maximum atomic E-state index is 13.7. The van der Waals surface area contributed by atoms with E-state index in [1.807, 2.05) is 121 Å². The molecule has 3 aromatic carbocycles. The number of hydrogen-bond donors (Lipinski definition) is 0. The van der Waals surface area contributed by atoms with E-state index in [4.69, 9.17) is 0 Å². The van der Waals surface area contributed by atoms with E-state index in [9.17, 15) is 9.59 Å². The largest absolute Gasteiger partial charge is 0.353 e. The lowest BCUT2D eigenvalue weighted by molar-refractivity contribution is -0.133. The highest BCUT2D eigenvalue weighted by atomic mass is 16.2. The number of aryl methyl sites for hydroxylation is 1. The number of nitrogens with zero attached hydrogens (tertiary/aromatic N) is 3. The second kappa shape index (κ2) is 11.0. The van der Waals surface area contributed by atoms with E-state index in [0.29, 0.717) is 18.7 Å². The second-order valence-electron chi connectivity index (χ2n) is 9.10. The van der Waals surface area contributed by atoms with Crippen LogP contribution in [0.3, 0.4) is 0 Å². The van der Waals surface area contributed by atoms with Crippen LogP contribution in [0, 0.1) is 0 Å². The van der Waals surface area contributed by atoms with Gasteiger partial charge in [0.05, 0.1) is 6.54 Å². The summed E-state index contributed by atoms with van der Waals surface area (Å²) in [7, 11) is 1.98. The van der Waals surface area contributed by atoms with Gasteiger partial charge in [0, 0.05) is 37.1 Å². The minimum Gasteiger partial charge on any atom is -0.353 e. The summed E-state index contributed by atoms with van der Waals surface area (Å²) >= 11 is 0. The van der Waals surface area contributed by atoms with Crippen molar-refractivity contribution in [2.24, 2.45) is 7.05 Å².